The number of nitrogens with one attached hydrogen (secondary N) is 1. The van der Waals surface area contributed by atoms with Crippen LogP contribution in [0, 0.1) is 0 Å². The summed E-state index contributed by atoms with van der Waals surface area (Å²) in [7, 11) is 0. The molecule has 1 heterocycles. The van der Waals surface area contributed by atoms with Crippen LogP contribution in [0.25, 0.3) is 0 Å². The zero-order valence-electron chi connectivity index (χ0n) is 13.0. The van der Waals surface area contributed by atoms with Crippen molar-refractivity contribution in [3.8, 4) is 11.5 Å². The minimum Gasteiger partial charge on any atom is -0.395 e. The first-order chi connectivity index (χ1) is 11.8. The van der Waals surface area contributed by atoms with E-state index < -0.39 is 6.29 Å². The molecule has 1 aliphatic heterocycles. The number of rotatable bonds is 4. The SMILES string of the molecule is O=C(NC1(Cc2cccc(Cl)c2)CC1)c1ccc2c(c1)OC(F)(F)O2. The first-order valence-corrected chi connectivity index (χ1v) is 8.19. The minimum atomic E-state index is -3.69. The highest BCUT2D eigenvalue weighted by molar-refractivity contribution is 6.30. The third-order valence-corrected chi connectivity index (χ3v) is 4.56. The van der Waals surface area contributed by atoms with Crippen LogP contribution in [0.15, 0.2) is 42.5 Å². The number of carbonyl (C=O) groups excluding carboxylic acids is 1. The lowest BCUT2D eigenvalue weighted by atomic mass is 10.0. The molecule has 2 aromatic rings. The molecule has 0 unspecified atom stereocenters. The van der Waals surface area contributed by atoms with Crippen LogP contribution < -0.4 is 14.8 Å². The molecular weight excluding hydrogens is 352 g/mol. The largest absolute Gasteiger partial charge is 0.586 e. The van der Waals surface area contributed by atoms with E-state index in [4.69, 9.17) is 11.6 Å². The highest BCUT2D eigenvalue weighted by atomic mass is 35.5. The molecule has 1 fully saturated rings. The van der Waals surface area contributed by atoms with E-state index in [1.54, 1.807) is 6.07 Å². The lowest BCUT2D eigenvalue weighted by Crippen LogP contribution is -2.38. The number of hydrogen-bond acceptors (Lipinski definition) is 3. The Labute approximate surface area is 147 Å². The Morgan fingerprint density at radius 2 is 1.88 bits per heavy atom. The van der Waals surface area contributed by atoms with E-state index in [0.717, 1.165) is 18.4 Å². The van der Waals surface area contributed by atoms with Crippen molar-refractivity contribution in [1.29, 1.82) is 0 Å². The van der Waals surface area contributed by atoms with Crippen LogP contribution in [0.4, 0.5) is 8.78 Å². The van der Waals surface area contributed by atoms with Gasteiger partial charge in [0.1, 0.15) is 0 Å². The Morgan fingerprint density at radius 1 is 1.12 bits per heavy atom. The van der Waals surface area contributed by atoms with E-state index in [0.29, 0.717) is 11.4 Å². The molecule has 0 aromatic heterocycles. The molecule has 7 heteroatoms. The zero-order valence-corrected chi connectivity index (χ0v) is 13.8. The van der Waals surface area contributed by atoms with Crippen LogP contribution in [0.1, 0.15) is 28.8 Å². The van der Waals surface area contributed by atoms with Crippen LogP contribution in [0.5, 0.6) is 11.5 Å². The molecule has 0 radical (unpaired) electrons. The monoisotopic (exact) mass is 365 g/mol. The van der Waals surface area contributed by atoms with Crippen LogP contribution in [-0.4, -0.2) is 17.7 Å². The fourth-order valence-corrected chi connectivity index (χ4v) is 3.15. The highest BCUT2D eigenvalue weighted by Gasteiger charge is 2.45. The van der Waals surface area contributed by atoms with Crippen LogP contribution in [-0.2, 0) is 6.42 Å². The molecule has 0 saturated heterocycles. The van der Waals surface area contributed by atoms with Crippen LogP contribution >= 0.6 is 11.6 Å². The van der Waals surface area contributed by atoms with Gasteiger partial charge in [-0.15, -0.1) is 8.78 Å². The Morgan fingerprint density at radius 3 is 2.60 bits per heavy atom. The smallest absolute Gasteiger partial charge is 0.395 e. The van der Waals surface area contributed by atoms with Gasteiger partial charge in [0.15, 0.2) is 11.5 Å². The number of ether oxygens (including phenoxy) is 2. The lowest BCUT2D eigenvalue weighted by Gasteiger charge is -2.18. The third kappa shape index (κ3) is 3.39. The van der Waals surface area contributed by atoms with Gasteiger partial charge in [-0.05, 0) is 55.2 Å². The maximum Gasteiger partial charge on any atom is 0.586 e. The summed E-state index contributed by atoms with van der Waals surface area (Å²) in [4.78, 5) is 12.5. The number of amides is 1. The molecule has 4 rings (SSSR count). The van der Waals surface area contributed by atoms with Gasteiger partial charge in [0.25, 0.3) is 5.91 Å². The fourth-order valence-electron chi connectivity index (χ4n) is 2.94. The van der Waals surface area contributed by atoms with E-state index in [-0.39, 0.29) is 28.5 Å². The molecule has 1 amide bonds. The summed E-state index contributed by atoms with van der Waals surface area (Å²) in [5.74, 6) is -0.555. The Balaban J connectivity index is 1.47. The second kappa shape index (κ2) is 5.59. The van der Waals surface area contributed by atoms with Gasteiger partial charge in [-0.2, -0.15) is 0 Å². The molecule has 4 nitrogen and oxygen atoms in total. The van der Waals surface area contributed by atoms with Crippen LogP contribution in [0.2, 0.25) is 5.02 Å². The van der Waals surface area contributed by atoms with Crippen molar-refractivity contribution in [2.45, 2.75) is 31.1 Å². The van der Waals surface area contributed by atoms with Gasteiger partial charge in [0.2, 0.25) is 0 Å². The van der Waals surface area contributed by atoms with Gasteiger partial charge in [-0.25, -0.2) is 0 Å². The molecule has 1 N–H and O–H groups in total. The first kappa shape index (κ1) is 16.1. The lowest BCUT2D eigenvalue weighted by molar-refractivity contribution is -0.286. The summed E-state index contributed by atoms with van der Waals surface area (Å²) in [5.41, 5.74) is 0.968. The number of fused-ring (bicyclic) bond motifs is 1. The first-order valence-electron chi connectivity index (χ1n) is 7.81. The summed E-state index contributed by atoms with van der Waals surface area (Å²) in [6.07, 6.45) is -1.31. The summed E-state index contributed by atoms with van der Waals surface area (Å²) in [6, 6.07) is 11.5. The fraction of sp³-hybridized carbons (Fsp3) is 0.278. The summed E-state index contributed by atoms with van der Waals surface area (Å²) in [6.45, 7) is 0. The van der Waals surface area contributed by atoms with Crippen molar-refractivity contribution in [3.63, 3.8) is 0 Å². The van der Waals surface area contributed by atoms with Gasteiger partial charge in [0, 0.05) is 16.1 Å². The van der Waals surface area contributed by atoms with Crippen molar-refractivity contribution in [1.82, 2.24) is 5.32 Å². The Kier molecular flexibility index (Phi) is 3.61. The molecule has 1 saturated carbocycles. The standard InChI is InChI=1S/C18H14ClF2NO3/c19-13-3-1-2-11(8-13)10-17(6-7-17)22-16(23)12-4-5-14-15(9-12)25-18(20,21)24-14/h1-5,8-9H,6-7,10H2,(H,22,23). The highest BCUT2D eigenvalue weighted by Crippen LogP contribution is 2.42. The molecule has 25 heavy (non-hydrogen) atoms. The second-order valence-corrected chi connectivity index (χ2v) is 6.81. The van der Waals surface area contributed by atoms with Gasteiger partial charge < -0.3 is 14.8 Å². The maximum absolute atomic E-state index is 13.1. The normalized spacial score (nSPS) is 18.7. The number of carbonyl (C=O) groups is 1. The molecule has 130 valence electrons. The van der Waals surface area contributed by atoms with Crippen molar-refractivity contribution < 1.29 is 23.0 Å². The number of benzene rings is 2. The summed E-state index contributed by atoms with van der Waals surface area (Å²) >= 11 is 6.00. The molecule has 2 aromatic carbocycles. The molecular formula is C18H14ClF2NO3. The third-order valence-electron chi connectivity index (χ3n) is 4.33. The van der Waals surface area contributed by atoms with Crippen molar-refractivity contribution in [2.75, 3.05) is 0 Å². The van der Waals surface area contributed by atoms with E-state index >= 15 is 0 Å². The summed E-state index contributed by atoms with van der Waals surface area (Å²) in [5, 5.41) is 3.65. The molecule has 0 bridgehead atoms. The predicted octanol–water partition coefficient (Wildman–Crippen LogP) is 4.17. The zero-order chi connectivity index (χ0) is 17.7. The van der Waals surface area contributed by atoms with E-state index in [1.807, 2.05) is 18.2 Å². The topological polar surface area (TPSA) is 47.6 Å². The number of halogens is 3. The van der Waals surface area contributed by atoms with Gasteiger partial charge in [-0.1, -0.05) is 23.7 Å². The number of alkyl halides is 2. The molecule has 0 atom stereocenters. The molecule has 1 aliphatic carbocycles. The predicted molar refractivity (Wildman–Crippen MR) is 87.2 cm³/mol. The van der Waals surface area contributed by atoms with Crippen molar-refractivity contribution >= 4 is 17.5 Å². The van der Waals surface area contributed by atoms with Crippen LogP contribution in [0.3, 0.4) is 0 Å². The van der Waals surface area contributed by atoms with E-state index in [2.05, 4.69) is 14.8 Å². The number of hydrogen-bond donors (Lipinski definition) is 1. The Bertz CT molecular complexity index is 852. The van der Waals surface area contributed by atoms with E-state index in [9.17, 15) is 13.6 Å². The Hall–Kier alpha value is -2.34. The van der Waals surface area contributed by atoms with Gasteiger partial charge in [-0.3, -0.25) is 4.79 Å². The maximum atomic E-state index is 13.1. The van der Waals surface area contributed by atoms with Gasteiger partial charge >= 0.3 is 6.29 Å². The average molecular weight is 366 g/mol. The quantitative estimate of drug-likeness (QED) is 0.884. The van der Waals surface area contributed by atoms with Gasteiger partial charge in [0.05, 0.1) is 0 Å². The van der Waals surface area contributed by atoms with E-state index in [1.165, 1.54) is 18.2 Å². The molecule has 2 aliphatic rings. The minimum absolute atomic E-state index is 0.0818. The van der Waals surface area contributed by atoms with Crippen molar-refractivity contribution in [3.05, 3.63) is 58.6 Å². The van der Waals surface area contributed by atoms with Crippen molar-refractivity contribution in [2.24, 2.45) is 0 Å². The second-order valence-electron chi connectivity index (χ2n) is 6.37. The summed E-state index contributed by atoms with van der Waals surface area (Å²) < 4.78 is 34.9. The molecule has 0 spiro atoms. The average Bonchev–Trinajstić information content (AvgIpc) is 3.18.